The molecule has 0 spiro atoms. The van der Waals surface area contributed by atoms with Crippen LogP contribution in [0.2, 0.25) is 0 Å². The predicted molar refractivity (Wildman–Crippen MR) is 139 cm³/mol. The quantitative estimate of drug-likeness (QED) is 0.434. The van der Waals surface area contributed by atoms with Crippen LogP contribution in [-0.2, 0) is 7.05 Å². The van der Waals surface area contributed by atoms with E-state index in [1.54, 1.807) is 0 Å². The summed E-state index contributed by atoms with van der Waals surface area (Å²) >= 11 is 0. The number of aryl methyl sites for hydroxylation is 2. The average Bonchev–Trinajstić information content (AvgIpc) is 3.11. The third kappa shape index (κ3) is 4.22. The summed E-state index contributed by atoms with van der Waals surface area (Å²) in [6, 6.07) is 15.9. The fourth-order valence-electron chi connectivity index (χ4n) is 5.82. The van der Waals surface area contributed by atoms with Crippen LogP contribution in [-0.4, -0.2) is 38.9 Å². The van der Waals surface area contributed by atoms with Crippen LogP contribution < -0.4 is 10.2 Å². The molecule has 3 heterocycles. The van der Waals surface area contributed by atoms with Crippen LogP contribution in [0.3, 0.4) is 0 Å². The molecule has 1 N–H and O–H groups in total. The largest absolute Gasteiger partial charge is 0.357 e. The lowest BCUT2D eigenvalue weighted by molar-refractivity contribution is 0.160. The molecule has 0 radical (unpaired) electrons. The lowest BCUT2D eigenvalue weighted by atomic mass is 9.79. The van der Waals surface area contributed by atoms with E-state index < -0.39 is 0 Å². The first-order valence-electron chi connectivity index (χ1n) is 11.9. The molecule has 0 saturated carbocycles. The second-order valence-corrected chi connectivity index (χ2v) is 11.2. The van der Waals surface area contributed by atoms with Gasteiger partial charge in [0.05, 0.1) is 11.0 Å². The molecule has 0 bridgehead atoms. The lowest BCUT2D eigenvalue weighted by Gasteiger charge is -2.49. The summed E-state index contributed by atoms with van der Waals surface area (Å²) in [6.07, 6.45) is 4.28. The van der Waals surface area contributed by atoms with Gasteiger partial charge in [-0.2, -0.15) is 5.10 Å². The molecule has 5 rings (SSSR count). The maximum Gasteiger partial charge on any atom is 0.129 e. The molecule has 0 aliphatic carbocycles. The molecule has 0 atom stereocenters. The molecule has 0 unspecified atom stereocenters. The first-order valence-corrected chi connectivity index (χ1v) is 11.9. The van der Waals surface area contributed by atoms with E-state index in [2.05, 4.69) is 106 Å². The van der Waals surface area contributed by atoms with Crippen LogP contribution in [0.15, 0.2) is 48.7 Å². The summed E-state index contributed by atoms with van der Waals surface area (Å²) in [5.41, 5.74) is 5.96. The first kappa shape index (κ1) is 21.9. The average molecular weight is 442 g/mol. The minimum atomic E-state index is 0.111. The van der Waals surface area contributed by atoms with Crippen LogP contribution in [0.5, 0.6) is 0 Å². The van der Waals surface area contributed by atoms with Crippen molar-refractivity contribution in [1.82, 2.24) is 20.1 Å². The Labute approximate surface area is 196 Å². The Morgan fingerprint density at radius 1 is 0.939 bits per heavy atom. The van der Waals surface area contributed by atoms with Crippen LogP contribution in [0.25, 0.3) is 32.9 Å². The van der Waals surface area contributed by atoms with E-state index in [4.69, 9.17) is 4.98 Å². The molecule has 1 fully saturated rings. The van der Waals surface area contributed by atoms with Gasteiger partial charge in [0.2, 0.25) is 0 Å². The zero-order chi connectivity index (χ0) is 23.5. The Morgan fingerprint density at radius 3 is 2.36 bits per heavy atom. The number of nitrogens with one attached hydrogen (secondary N) is 1. The van der Waals surface area contributed by atoms with Crippen molar-refractivity contribution in [3.63, 3.8) is 0 Å². The van der Waals surface area contributed by atoms with Gasteiger partial charge in [-0.05, 0) is 101 Å². The number of nitrogens with zero attached hydrogens (tertiary/aromatic N) is 4. The standard InChI is InChI=1S/C28H35N5/c1-18-12-21(14-22-17-32(6)30-26(18)22)19-8-10-24-20(13-19)9-11-25(29-24)33(7)23-15-27(2,3)31-28(4,5)16-23/h8-14,17,23,31H,15-16H2,1-7H3. The number of rotatable bonds is 3. The fourth-order valence-corrected chi connectivity index (χ4v) is 5.82. The van der Waals surface area contributed by atoms with Crippen molar-refractivity contribution >= 4 is 27.6 Å². The van der Waals surface area contributed by atoms with E-state index >= 15 is 0 Å². The molecule has 0 amide bonds. The number of anilines is 1. The zero-order valence-electron chi connectivity index (χ0n) is 20.9. The van der Waals surface area contributed by atoms with E-state index in [0.717, 1.165) is 29.7 Å². The van der Waals surface area contributed by atoms with Crippen LogP contribution in [0, 0.1) is 6.92 Å². The van der Waals surface area contributed by atoms with Crippen molar-refractivity contribution in [1.29, 1.82) is 0 Å². The molecule has 172 valence electrons. The molecule has 1 saturated heterocycles. The van der Waals surface area contributed by atoms with Crippen molar-refractivity contribution in [2.45, 2.75) is 64.6 Å². The summed E-state index contributed by atoms with van der Waals surface area (Å²) in [5.74, 6) is 1.04. The Bertz CT molecular complexity index is 1330. The van der Waals surface area contributed by atoms with Crippen molar-refractivity contribution < 1.29 is 0 Å². The molecule has 1 aliphatic heterocycles. The highest BCUT2D eigenvalue weighted by Gasteiger charge is 2.39. The number of aromatic nitrogens is 3. The second-order valence-electron chi connectivity index (χ2n) is 11.2. The fraction of sp³-hybridized carbons (Fsp3) is 0.429. The van der Waals surface area contributed by atoms with Crippen LogP contribution in [0.4, 0.5) is 5.82 Å². The number of piperidine rings is 1. The summed E-state index contributed by atoms with van der Waals surface area (Å²) in [6.45, 7) is 11.3. The topological polar surface area (TPSA) is 46.0 Å². The van der Waals surface area contributed by atoms with E-state index in [9.17, 15) is 0 Å². The summed E-state index contributed by atoms with van der Waals surface area (Å²) in [5, 5.41) is 10.7. The van der Waals surface area contributed by atoms with Gasteiger partial charge in [0.15, 0.2) is 0 Å². The van der Waals surface area contributed by atoms with Gasteiger partial charge in [-0.1, -0.05) is 6.07 Å². The van der Waals surface area contributed by atoms with Gasteiger partial charge in [-0.3, -0.25) is 4.68 Å². The zero-order valence-corrected chi connectivity index (χ0v) is 20.9. The third-order valence-corrected chi connectivity index (χ3v) is 7.00. The highest BCUT2D eigenvalue weighted by molar-refractivity contribution is 5.90. The highest BCUT2D eigenvalue weighted by Crippen LogP contribution is 2.34. The normalized spacial score (nSPS) is 18.2. The van der Waals surface area contributed by atoms with E-state index in [0.29, 0.717) is 6.04 Å². The number of fused-ring (bicyclic) bond motifs is 2. The smallest absolute Gasteiger partial charge is 0.129 e. The van der Waals surface area contributed by atoms with Gasteiger partial charge in [0.25, 0.3) is 0 Å². The number of hydrogen-bond donors (Lipinski definition) is 1. The molecule has 4 aromatic rings. The Balaban J connectivity index is 1.46. The molecule has 33 heavy (non-hydrogen) atoms. The second kappa shape index (κ2) is 7.56. The van der Waals surface area contributed by atoms with Crippen molar-refractivity contribution in [3.05, 3.63) is 54.2 Å². The Morgan fingerprint density at radius 2 is 1.64 bits per heavy atom. The summed E-state index contributed by atoms with van der Waals surface area (Å²) < 4.78 is 1.88. The number of benzene rings is 2. The van der Waals surface area contributed by atoms with Crippen molar-refractivity contribution in [2.24, 2.45) is 7.05 Å². The molecule has 2 aromatic heterocycles. The maximum atomic E-state index is 5.04. The SMILES string of the molecule is Cc1cc(-c2ccc3nc(N(C)C4CC(C)(C)NC(C)(C)C4)ccc3c2)cc2cn(C)nc12. The Hall–Kier alpha value is -2.92. The van der Waals surface area contributed by atoms with Crippen molar-refractivity contribution in [2.75, 3.05) is 11.9 Å². The van der Waals surface area contributed by atoms with Gasteiger partial charge < -0.3 is 10.2 Å². The molecule has 5 nitrogen and oxygen atoms in total. The summed E-state index contributed by atoms with van der Waals surface area (Å²) in [7, 11) is 4.16. The van der Waals surface area contributed by atoms with E-state index in [1.807, 2.05) is 11.7 Å². The van der Waals surface area contributed by atoms with Gasteiger partial charge in [-0.15, -0.1) is 0 Å². The van der Waals surface area contributed by atoms with E-state index in [1.165, 1.54) is 27.5 Å². The van der Waals surface area contributed by atoms with Gasteiger partial charge in [-0.25, -0.2) is 4.98 Å². The van der Waals surface area contributed by atoms with Crippen LogP contribution >= 0.6 is 0 Å². The predicted octanol–water partition coefficient (Wildman–Crippen LogP) is 5.84. The third-order valence-electron chi connectivity index (χ3n) is 7.00. The minimum absolute atomic E-state index is 0.111. The highest BCUT2D eigenvalue weighted by atomic mass is 15.2. The molecule has 5 heteroatoms. The number of hydrogen-bond acceptors (Lipinski definition) is 4. The molecule has 1 aliphatic rings. The Kier molecular flexibility index (Phi) is 5.02. The molecular weight excluding hydrogens is 406 g/mol. The monoisotopic (exact) mass is 441 g/mol. The molecule has 2 aromatic carbocycles. The maximum absolute atomic E-state index is 5.04. The number of pyridine rings is 1. The minimum Gasteiger partial charge on any atom is -0.357 e. The van der Waals surface area contributed by atoms with Crippen molar-refractivity contribution in [3.8, 4) is 11.1 Å². The van der Waals surface area contributed by atoms with Gasteiger partial charge >= 0.3 is 0 Å². The lowest BCUT2D eigenvalue weighted by Crippen LogP contribution is -2.62. The van der Waals surface area contributed by atoms with Gasteiger partial charge in [0, 0.05) is 48.2 Å². The molecular formula is C28H35N5. The first-order chi connectivity index (χ1) is 15.5. The summed E-state index contributed by atoms with van der Waals surface area (Å²) in [4.78, 5) is 7.42. The van der Waals surface area contributed by atoms with E-state index in [-0.39, 0.29) is 11.1 Å². The van der Waals surface area contributed by atoms with Crippen LogP contribution in [0.1, 0.15) is 46.1 Å². The van der Waals surface area contributed by atoms with Gasteiger partial charge in [0.1, 0.15) is 5.82 Å².